The quantitative estimate of drug-likeness (QED) is 0.903. The predicted octanol–water partition coefficient (Wildman–Crippen LogP) is 1.85. The average molecular weight is 263 g/mol. The smallest absolute Gasteiger partial charge is 0.128 e. The van der Waals surface area contributed by atoms with E-state index in [0.29, 0.717) is 0 Å². The number of hydrogen-bond acceptors (Lipinski definition) is 4. The highest BCUT2D eigenvalue weighted by Gasteiger charge is 2.28. The Kier molecular flexibility index (Phi) is 3.62. The summed E-state index contributed by atoms with van der Waals surface area (Å²) in [6.07, 6.45) is 3.39. The summed E-state index contributed by atoms with van der Waals surface area (Å²) in [7, 11) is 3.49. The lowest BCUT2D eigenvalue weighted by molar-refractivity contribution is 0.0260. The molecule has 1 saturated heterocycles. The summed E-state index contributed by atoms with van der Waals surface area (Å²) in [6, 6.07) is 2.10. The summed E-state index contributed by atoms with van der Waals surface area (Å²) >= 11 is 0. The van der Waals surface area contributed by atoms with Gasteiger partial charge in [-0.05, 0) is 25.3 Å². The number of methoxy groups -OCH3 is 2. The first-order valence-corrected chi connectivity index (χ1v) is 6.94. The SMILES string of the molecule is COc1cc(C2CNCCO2)c(OC)c2c1CCC2. The van der Waals surface area contributed by atoms with Crippen molar-refractivity contribution in [1.29, 1.82) is 0 Å². The maximum absolute atomic E-state index is 5.87. The highest BCUT2D eigenvalue weighted by Crippen LogP contribution is 2.42. The van der Waals surface area contributed by atoms with Gasteiger partial charge in [0, 0.05) is 29.8 Å². The van der Waals surface area contributed by atoms with Crippen molar-refractivity contribution in [3.05, 3.63) is 22.8 Å². The molecule has 3 rings (SSSR count). The predicted molar refractivity (Wildman–Crippen MR) is 73.1 cm³/mol. The molecule has 0 bridgehead atoms. The van der Waals surface area contributed by atoms with E-state index in [9.17, 15) is 0 Å². The molecule has 1 aliphatic carbocycles. The molecule has 1 N–H and O–H groups in total. The first kappa shape index (κ1) is 12.8. The Balaban J connectivity index is 2.07. The van der Waals surface area contributed by atoms with Gasteiger partial charge in [0.1, 0.15) is 11.5 Å². The second-order valence-electron chi connectivity index (χ2n) is 5.08. The van der Waals surface area contributed by atoms with E-state index in [0.717, 1.165) is 49.6 Å². The molecule has 0 amide bonds. The van der Waals surface area contributed by atoms with Crippen LogP contribution in [0.25, 0.3) is 0 Å². The summed E-state index contributed by atoms with van der Waals surface area (Å²) in [5, 5.41) is 3.37. The molecule has 0 radical (unpaired) electrons. The van der Waals surface area contributed by atoms with E-state index in [1.54, 1.807) is 14.2 Å². The first-order valence-electron chi connectivity index (χ1n) is 6.94. The Morgan fingerprint density at radius 2 is 2.05 bits per heavy atom. The van der Waals surface area contributed by atoms with Crippen LogP contribution in [0.1, 0.15) is 29.2 Å². The molecule has 1 aromatic rings. The van der Waals surface area contributed by atoms with Crippen LogP contribution < -0.4 is 14.8 Å². The van der Waals surface area contributed by atoms with Gasteiger partial charge in [0.15, 0.2) is 0 Å². The van der Waals surface area contributed by atoms with Gasteiger partial charge in [0.05, 0.1) is 26.9 Å². The zero-order chi connectivity index (χ0) is 13.2. The first-order chi connectivity index (χ1) is 9.35. The van der Waals surface area contributed by atoms with Crippen LogP contribution in [0.5, 0.6) is 11.5 Å². The van der Waals surface area contributed by atoms with Crippen LogP contribution in [0.15, 0.2) is 6.07 Å². The van der Waals surface area contributed by atoms with Crippen LogP contribution in [-0.2, 0) is 17.6 Å². The number of nitrogens with one attached hydrogen (secondary N) is 1. The summed E-state index contributed by atoms with van der Waals surface area (Å²) < 4.78 is 17.1. The summed E-state index contributed by atoms with van der Waals surface area (Å²) in [5.41, 5.74) is 3.74. The average Bonchev–Trinajstić information content (AvgIpc) is 2.95. The number of morpholine rings is 1. The van der Waals surface area contributed by atoms with Gasteiger partial charge in [0.2, 0.25) is 0 Å². The highest BCUT2D eigenvalue weighted by molar-refractivity contribution is 5.56. The molecular formula is C15H21NO3. The molecule has 0 aromatic heterocycles. The van der Waals surface area contributed by atoms with Crippen molar-refractivity contribution >= 4 is 0 Å². The summed E-state index contributed by atoms with van der Waals surface area (Å²) in [4.78, 5) is 0. The zero-order valence-corrected chi connectivity index (χ0v) is 11.6. The zero-order valence-electron chi connectivity index (χ0n) is 11.6. The van der Waals surface area contributed by atoms with Gasteiger partial charge in [-0.25, -0.2) is 0 Å². The lowest BCUT2D eigenvalue weighted by atomic mass is 9.98. The van der Waals surface area contributed by atoms with E-state index in [1.165, 1.54) is 17.5 Å². The van der Waals surface area contributed by atoms with Gasteiger partial charge >= 0.3 is 0 Å². The molecule has 1 fully saturated rings. The highest BCUT2D eigenvalue weighted by atomic mass is 16.5. The molecule has 1 aliphatic heterocycles. The molecular weight excluding hydrogens is 242 g/mol. The minimum atomic E-state index is 0.0588. The lowest BCUT2D eigenvalue weighted by Gasteiger charge is -2.27. The Bertz CT molecular complexity index is 467. The van der Waals surface area contributed by atoms with Gasteiger partial charge in [-0.2, -0.15) is 0 Å². The number of ether oxygens (including phenoxy) is 3. The molecule has 4 heteroatoms. The second-order valence-corrected chi connectivity index (χ2v) is 5.08. The van der Waals surface area contributed by atoms with Crippen LogP contribution in [0.2, 0.25) is 0 Å². The molecule has 0 saturated carbocycles. The third-order valence-electron chi connectivity index (χ3n) is 4.04. The summed E-state index contributed by atoms with van der Waals surface area (Å²) in [5.74, 6) is 1.99. The van der Waals surface area contributed by atoms with E-state index < -0.39 is 0 Å². The van der Waals surface area contributed by atoms with Gasteiger partial charge in [-0.3, -0.25) is 0 Å². The van der Waals surface area contributed by atoms with Crippen molar-refractivity contribution in [1.82, 2.24) is 5.32 Å². The fourth-order valence-electron chi connectivity index (χ4n) is 3.16. The Morgan fingerprint density at radius 1 is 1.21 bits per heavy atom. The van der Waals surface area contributed by atoms with Crippen molar-refractivity contribution < 1.29 is 14.2 Å². The van der Waals surface area contributed by atoms with Crippen molar-refractivity contribution in [2.75, 3.05) is 33.9 Å². The van der Waals surface area contributed by atoms with Crippen LogP contribution in [0.4, 0.5) is 0 Å². The number of benzene rings is 1. The van der Waals surface area contributed by atoms with Crippen molar-refractivity contribution in [3.63, 3.8) is 0 Å². The fourth-order valence-corrected chi connectivity index (χ4v) is 3.16. The third kappa shape index (κ3) is 2.19. The molecule has 104 valence electrons. The number of rotatable bonds is 3. The van der Waals surface area contributed by atoms with Crippen molar-refractivity contribution in [2.24, 2.45) is 0 Å². The minimum absolute atomic E-state index is 0.0588. The standard InChI is InChI=1S/C15H21NO3/c1-17-13-8-12(14-9-16-6-7-19-14)15(18-2)11-5-3-4-10(11)13/h8,14,16H,3-7,9H2,1-2H3. The lowest BCUT2D eigenvalue weighted by Crippen LogP contribution is -2.33. The molecule has 0 spiro atoms. The van der Waals surface area contributed by atoms with Crippen molar-refractivity contribution in [2.45, 2.75) is 25.4 Å². The minimum Gasteiger partial charge on any atom is -0.496 e. The number of hydrogen-bond donors (Lipinski definition) is 1. The van der Waals surface area contributed by atoms with E-state index in [4.69, 9.17) is 14.2 Å². The van der Waals surface area contributed by atoms with E-state index in [2.05, 4.69) is 11.4 Å². The topological polar surface area (TPSA) is 39.7 Å². The monoisotopic (exact) mass is 263 g/mol. The van der Waals surface area contributed by atoms with Gasteiger partial charge in [-0.1, -0.05) is 0 Å². The molecule has 1 heterocycles. The van der Waals surface area contributed by atoms with Crippen LogP contribution >= 0.6 is 0 Å². The van der Waals surface area contributed by atoms with Crippen LogP contribution in [0, 0.1) is 0 Å². The van der Waals surface area contributed by atoms with E-state index in [1.807, 2.05) is 0 Å². The molecule has 4 nitrogen and oxygen atoms in total. The number of fused-ring (bicyclic) bond motifs is 1. The molecule has 2 aliphatic rings. The molecule has 1 unspecified atom stereocenters. The third-order valence-corrected chi connectivity index (χ3v) is 4.04. The molecule has 1 atom stereocenters. The Labute approximate surface area is 114 Å². The van der Waals surface area contributed by atoms with Crippen molar-refractivity contribution in [3.8, 4) is 11.5 Å². The Hall–Kier alpha value is -1.26. The molecule has 1 aromatic carbocycles. The fraction of sp³-hybridized carbons (Fsp3) is 0.600. The van der Waals surface area contributed by atoms with Crippen LogP contribution in [-0.4, -0.2) is 33.9 Å². The van der Waals surface area contributed by atoms with E-state index >= 15 is 0 Å². The maximum atomic E-state index is 5.87. The van der Waals surface area contributed by atoms with Gasteiger partial charge in [-0.15, -0.1) is 0 Å². The maximum Gasteiger partial charge on any atom is 0.128 e. The normalized spacial score (nSPS) is 22.1. The largest absolute Gasteiger partial charge is 0.496 e. The Morgan fingerprint density at radius 3 is 2.74 bits per heavy atom. The molecule has 19 heavy (non-hydrogen) atoms. The van der Waals surface area contributed by atoms with Crippen LogP contribution in [0.3, 0.4) is 0 Å². The second kappa shape index (κ2) is 5.39. The van der Waals surface area contributed by atoms with Gasteiger partial charge < -0.3 is 19.5 Å². The van der Waals surface area contributed by atoms with E-state index in [-0.39, 0.29) is 6.10 Å². The van der Waals surface area contributed by atoms with Gasteiger partial charge in [0.25, 0.3) is 0 Å². The summed E-state index contributed by atoms with van der Waals surface area (Å²) in [6.45, 7) is 2.49.